The van der Waals surface area contributed by atoms with Crippen LogP contribution in [0.15, 0.2) is 11.4 Å². The quantitative estimate of drug-likeness (QED) is 0.694. The summed E-state index contributed by atoms with van der Waals surface area (Å²) in [5.74, 6) is 3.36. The highest BCUT2D eigenvalue weighted by Crippen LogP contribution is 2.66. The number of carbonyl (C=O) groups is 2. The van der Waals surface area contributed by atoms with Crippen molar-refractivity contribution in [1.29, 1.82) is 0 Å². The van der Waals surface area contributed by atoms with Gasteiger partial charge in [0, 0.05) is 26.1 Å². The summed E-state index contributed by atoms with van der Waals surface area (Å²) in [7, 11) is 2.04. The predicted molar refractivity (Wildman–Crippen MR) is 125 cm³/mol. The van der Waals surface area contributed by atoms with Crippen LogP contribution in [-0.4, -0.2) is 36.3 Å². The summed E-state index contributed by atoms with van der Waals surface area (Å²) in [5, 5.41) is 5.29. The Morgan fingerprint density at radius 3 is 2.65 bits per heavy atom. The van der Waals surface area contributed by atoms with Gasteiger partial charge in [-0.05, 0) is 103 Å². The lowest BCUT2D eigenvalue weighted by Crippen LogP contribution is -2.61. The number of nitrogens with one attached hydrogen (secondary N) is 1. The van der Waals surface area contributed by atoms with Gasteiger partial charge in [-0.2, -0.15) is 0 Å². The average Bonchev–Trinajstić information content (AvgIpc) is 3.32. The van der Waals surface area contributed by atoms with Crippen LogP contribution in [0.2, 0.25) is 0 Å². The van der Waals surface area contributed by atoms with E-state index in [9.17, 15) is 9.59 Å². The van der Waals surface area contributed by atoms with Crippen molar-refractivity contribution in [2.45, 2.75) is 78.2 Å². The smallest absolute Gasteiger partial charge is 0.261 e. The summed E-state index contributed by atoms with van der Waals surface area (Å²) in [5.41, 5.74) is 1.72. The monoisotopic (exact) mass is 442 g/mol. The first kappa shape index (κ1) is 21.5. The van der Waals surface area contributed by atoms with Crippen LogP contribution < -0.4 is 5.32 Å². The lowest BCUT2D eigenvalue weighted by atomic mass is 9.47. The summed E-state index contributed by atoms with van der Waals surface area (Å²) < 4.78 is 0. The van der Waals surface area contributed by atoms with Crippen molar-refractivity contribution in [3.05, 3.63) is 21.9 Å². The fraction of sp³-hybridized carbons (Fsp3) is 0.769. The highest BCUT2D eigenvalue weighted by molar-refractivity contribution is 7.12. The van der Waals surface area contributed by atoms with Crippen LogP contribution in [0.3, 0.4) is 0 Å². The van der Waals surface area contributed by atoms with Crippen molar-refractivity contribution in [3.8, 4) is 0 Å². The van der Waals surface area contributed by atoms with Gasteiger partial charge in [-0.25, -0.2) is 0 Å². The van der Waals surface area contributed by atoms with E-state index < -0.39 is 0 Å². The molecule has 1 aromatic rings. The highest BCUT2D eigenvalue weighted by Gasteiger charge is 2.60. The Hall–Kier alpha value is -1.36. The van der Waals surface area contributed by atoms with Crippen LogP contribution in [0.5, 0.6) is 0 Å². The molecule has 1 N–H and O–H groups in total. The molecule has 0 bridgehead atoms. The first-order valence-electron chi connectivity index (χ1n) is 12.3. The third kappa shape index (κ3) is 3.20. The van der Waals surface area contributed by atoms with Gasteiger partial charge in [-0.1, -0.05) is 13.8 Å². The van der Waals surface area contributed by atoms with Gasteiger partial charge >= 0.3 is 0 Å². The van der Waals surface area contributed by atoms with Gasteiger partial charge in [-0.3, -0.25) is 9.59 Å². The number of thiophene rings is 1. The molecule has 31 heavy (non-hydrogen) atoms. The van der Waals surface area contributed by atoms with Gasteiger partial charge < -0.3 is 10.2 Å². The Balaban J connectivity index is 1.30. The topological polar surface area (TPSA) is 49.4 Å². The molecule has 1 unspecified atom stereocenters. The number of aryl methyl sites for hydroxylation is 1. The first-order valence-corrected chi connectivity index (χ1v) is 13.2. The minimum Gasteiger partial charge on any atom is -0.351 e. The van der Waals surface area contributed by atoms with E-state index >= 15 is 0 Å². The van der Waals surface area contributed by atoms with E-state index in [4.69, 9.17) is 0 Å². The minimum absolute atomic E-state index is 0.108. The standard InChI is InChI=1S/C26H38N2O2S/c1-16-11-14-31-23(16)24(30)27-15-17-5-7-19-18-6-8-21-26(3,13-10-22(29)28(21)4)20(18)9-12-25(17,19)2/h11,14,17-21H,5-10,12-13,15H2,1-4H3,(H,27,30)/t17?,18-,19-,20-,21+,25+,26+/m0/s1. The fourth-order valence-electron chi connectivity index (χ4n) is 8.50. The number of hydrogen-bond donors (Lipinski definition) is 1. The molecule has 3 saturated carbocycles. The number of hydrogen-bond acceptors (Lipinski definition) is 3. The molecule has 5 rings (SSSR count). The van der Waals surface area contributed by atoms with Crippen molar-refractivity contribution in [2.24, 2.45) is 34.5 Å². The molecule has 0 radical (unpaired) electrons. The van der Waals surface area contributed by atoms with Gasteiger partial charge in [0.2, 0.25) is 5.91 Å². The molecule has 2 amide bonds. The molecule has 170 valence electrons. The maximum atomic E-state index is 12.7. The SMILES string of the molecule is Cc1ccsc1C(=O)NCC1CC[C@H]2[C@@H]3CC[C@H]4N(C)C(=O)CC[C@]4(C)[C@H]3CC[C@]12C. The van der Waals surface area contributed by atoms with E-state index in [1.807, 2.05) is 25.4 Å². The maximum absolute atomic E-state index is 12.7. The minimum atomic E-state index is 0.108. The normalized spacial score (nSPS) is 42.0. The lowest BCUT2D eigenvalue weighted by Gasteiger charge is -2.61. The zero-order chi connectivity index (χ0) is 22.0. The van der Waals surface area contributed by atoms with Gasteiger partial charge in [-0.15, -0.1) is 11.3 Å². The molecule has 0 spiro atoms. The highest BCUT2D eigenvalue weighted by atomic mass is 32.1. The first-order chi connectivity index (χ1) is 14.8. The molecule has 1 aliphatic heterocycles. The van der Waals surface area contributed by atoms with E-state index in [0.717, 1.165) is 47.6 Å². The molecule has 4 aliphatic rings. The van der Waals surface area contributed by atoms with E-state index in [0.29, 0.717) is 23.3 Å². The van der Waals surface area contributed by atoms with Crippen LogP contribution in [0.25, 0.3) is 0 Å². The Labute approximate surface area is 191 Å². The molecule has 4 nitrogen and oxygen atoms in total. The van der Waals surface area contributed by atoms with E-state index in [1.54, 1.807) is 11.3 Å². The lowest BCUT2D eigenvalue weighted by molar-refractivity contribution is -0.158. The van der Waals surface area contributed by atoms with Crippen molar-refractivity contribution in [2.75, 3.05) is 13.6 Å². The molecule has 2 heterocycles. The molecular formula is C26H38N2O2S. The van der Waals surface area contributed by atoms with Crippen LogP contribution >= 0.6 is 11.3 Å². The van der Waals surface area contributed by atoms with E-state index in [1.165, 1.54) is 38.5 Å². The Morgan fingerprint density at radius 1 is 1.13 bits per heavy atom. The van der Waals surface area contributed by atoms with Gasteiger partial charge in [0.1, 0.15) is 0 Å². The largest absolute Gasteiger partial charge is 0.351 e. The zero-order valence-corrected chi connectivity index (χ0v) is 20.4. The molecule has 3 aliphatic carbocycles. The predicted octanol–water partition coefficient (Wildman–Crippen LogP) is 5.27. The third-order valence-electron chi connectivity index (χ3n) is 10.3. The molecule has 1 saturated heterocycles. The number of nitrogens with zero attached hydrogens (tertiary/aromatic N) is 1. The Kier molecular flexibility index (Phi) is 5.27. The van der Waals surface area contributed by atoms with Crippen molar-refractivity contribution < 1.29 is 9.59 Å². The number of piperidine rings is 1. The van der Waals surface area contributed by atoms with Crippen molar-refractivity contribution in [3.63, 3.8) is 0 Å². The number of fused-ring (bicyclic) bond motifs is 5. The summed E-state index contributed by atoms with van der Waals surface area (Å²) in [6.45, 7) is 7.86. The molecule has 4 fully saturated rings. The van der Waals surface area contributed by atoms with Gasteiger partial charge in [0.05, 0.1) is 4.88 Å². The third-order valence-corrected chi connectivity index (χ3v) is 11.3. The molecular weight excluding hydrogens is 404 g/mol. The van der Waals surface area contributed by atoms with Crippen molar-refractivity contribution in [1.82, 2.24) is 10.2 Å². The average molecular weight is 443 g/mol. The second-order valence-corrected chi connectivity index (χ2v) is 12.4. The van der Waals surface area contributed by atoms with E-state index in [2.05, 4.69) is 24.1 Å². The summed E-state index contributed by atoms with van der Waals surface area (Å²) in [6, 6.07) is 2.46. The zero-order valence-electron chi connectivity index (χ0n) is 19.6. The number of amides is 2. The van der Waals surface area contributed by atoms with E-state index in [-0.39, 0.29) is 11.3 Å². The molecule has 7 atom stereocenters. The van der Waals surface area contributed by atoms with Crippen LogP contribution in [0.1, 0.15) is 80.4 Å². The summed E-state index contributed by atoms with van der Waals surface area (Å²) >= 11 is 1.55. The van der Waals surface area contributed by atoms with Crippen LogP contribution in [0.4, 0.5) is 0 Å². The molecule has 5 heteroatoms. The fourth-order valence-corrected chi connectivity index (χ4v) is 9.34. The number of rotatable bonds is 3. The number of likely N-dealkylation sites (tertiary alicyclic amines) is 1. The van der Waals surface area contributed by atoms with Gasteiger partial charge in [0.15, 0.2) is 0 Å². The van der Waals surface area contributed by atoms with Gasteiger partial charge in [0.25, 0.3) is 5.91 Å². The summed E-state index contributed by atoms with van der Waals surface area (Å²) in [4.78, 5) is 28.0. The second-order valence-electron chi connectivity index (χ2n) is 11.4. The van der Waals surface area contributed by atoms with Crippen LogP contribution in [0, 0.1) is 41.4 Å². The Morgan fingerprint density at radius 2 is 1.90 bits per heavy atom. The molecule has 0 aromatic carbocycles. The second kappa shape index (κ2) is 7.60. The van der Waals surface area contributed by atoms with Crippen LogP contribution in [-0.2, 0) is 4.79 Å². The number of carbonyl (C=O) groups excluding carboxylic acids is 2. The maximum Gasteiger partial charge on any atom is 0.261 e. The molecule has 1 aromatic heterocycles. The summed E-state index contributed by atoms with van der Waals surface area (Å²) in [6.07, 6.45) is 9.37. The Bertz CT molecular complexity index is 881. The van der Waals surface area contributed by atoms with Crippen molar-refractivity contribution >= 4 is 23.2 Å².